The first-order valence-electron chi connectivity index (χ1n) is 8.02. The number of carbonyl (C=O) groups excluding carboxylic acids is 1. The second-order valence-electron chi connectivity index (χ2n) is 6.73. The van der Waals surface area contributed by atoms with E-state index in [1.807, 2.05) is 24.2 Å². The fourth-order valence-corrected chi connectivity index (χ4v) is 4.49. The smallest absolute Gasteiger partial charge is 0.320 e. The van der Waals surface area contributed by atoms with Crippen molar-refractivity contribution >= 4 is 23.3 Å². The monoisotopic (exact) mass is 320 g/mol. The van der Waals surface area contributed by atoms with Gasteiger partial charge in [0.15, 0.2) is 0 Å². The van der Waals surface area contributed by atoms with E-state index in [9.17, 15) is 4.79 Å². The molecule has 2 bridgehead atoms. The number of carbonyl (C=O) groups is 1. The van der Waals surface area contributed by atoms with Gasteiger partial charge < -0.3 is 14.7 Å². The number of rotatable bonds is 2. The molecule has 0 aromatic carbocycles. The van der Waals surface area contributed by atoms with Crippen LogP contribution in [0.2, 0.25) is 5.02 Å². The van der Waals surface area contributed by atoms with E-state index in [2.05, 4.69) is 14.8 Å². The van der Waals surface area contributed by atoms with Gasteiger partial charge in [0.25, 0.3) is 0 Å². The average Bonchev–Trinajstić information content (AvgIpc) is 2.87. The molecule has 4 aliphatic rings. The van der Waals surface area contributed by atoms with Gasteiger partial charge in [0.1, 0.15) is 0 Å². The third-order valence-corrected chi connectivity index (χ3v) is 5.62. The number of hydrogen-bond donors (Lipinski definition) is 0. The topological polar surface area (TPSA) is 39.7 Å². The summed E-state index contributed by atoms with van der Waals surface area (Å²) in [5.74, 6) is 0.660. The quantitative estimate of drug-likeness (QED) is 0.840. The highest BCUT2D eigenvalue weighted by Gasteiger charge is 2.46. The standard InChI is InChI=1S/C16H21ClN4O/c1-19-4-5-20(16(19)22)15-6-11-2-3-14(15)21(10-11)13-7-12(17)8-18-9-13/h7-9,11,14-15H,2-6,10H2,1H3. The summed E-state index contributed by atoms with van der Waals surface area (Å²) in [5.41, 5.74) is 1.09. The minimum atomic E-state index is 0.182. The number of piperidine rings is 2. The Kier molecular flexibility index (Phi) is 3.40. The SMILES string of the molecule is CN1CCN(C2CC3CCC2N(c2cncc(Cl)c2)C3)C1=O. The van der Waals surface area contributed by atoms with Crippen LogP contribution in [-0.4, -0.2) is 59.6 Å². The maximum Gasteiger partial charge on any atom is 0.320 e. The Bertz CT molecular complexity index is 595. The molecule has 3 atom stereocenters. The van der Waals surface area contributed by atoms with Gasteiger partial charge in [0.05, 0.1) is 22.9 Å². The third kappa shape index (κ3) is 2.22. The van der Waals surface area contributed by atoms with Crippen LogP contribution < -0.4 is 4.90 Å². The number of aromatic nitrogens is 1. The summed E-state index contributed by atoms with van der Waals surface area (Å²) in [6, 6.07) is 2.89. The molecule has 4 fully saturated rings. The zero-order valence-corrected chi connectivity index (χ0v) is 13.5. The highest BCUT2D eigenvalue weighted by molar-refractivity contribution is 6.30. The first kappa shape index (κ1) is 14.1. The maximum atomic E-state index is 12.4. The molecule has 2 amide bonds. The lowest BCUT2D eigenvalue weighted by atomic mass is 9.75. The van der Waals surface area contributed by atoms with Crippen LogP contribution in [-0.2, 0) is 0 Å². The van der Waals surface area contributed by atoms with Crippen molar-refractivity contribution in [3.63, 3.8) is 0 Å². The Hall–Kier alpha value is -1.49. The van der Waals surface area contributed by atoms with Crippen molar-refractivity contribution in [3.05, 3.63) is 23.5 Å². The molecule has 4 heterocycles. The van der Waals surface area contributed by atoms with E-state index in [4.69, 9.17) is 11.6 Å². The van der Waals surface area contributed by atoms with Crippen molar-refractivity contribution in [2.75, 3.05) is 31.6 Å². The van der Waals surface area contributed by atoms with Crippen LogP contribution in [0, 0.1) is 5.92 Å². The van der Waals surface area contributed by atoms with Crippen molar-refractivity contribution in [1.29, 1.82) is 0 Å². The Morgan fingerprint density at radius 3 is 2.73 bits per heavy atom. The molecular weight excluding hydrogens is 300 g/mol. The van der Waals surface area contributed by atoms with Crippen molar-refractivity contribution in [3.8, 4) is 0 Å². The molecule has 3 saturated heterocycles. The van der Waals surface area contributed by atoms with Crippen LogP contribution in [0.15, 0.2) is 18.5 Å². The van der Waals surface area contributed by atoms with Crippen molar-refractivity contribution in [2.24, 2.45) is 5.92 Å². The van der Waals surface area contributed by atoms with Gasteiger partial charge in [0, 0.05) is 38.9 Å². The molecule has 0 radical (unpaired) electrons. The minimum absolute atomic E-state index is 0.182. The Morgan fingerprint density at radius 2 is 2.05 bits per heavy atom. The van der Waals surface area contributed by atoms with Crippen molar-refractivity contribution < 1.29 is 4.79 Å². The van der Waals surface area contributed by atoms with Gasteiger partial charge in [-0.3, -0.25) is 4.98 Å². The number of halogens is 1. The van der Waals surface area contributed by atoms with Crippen LogP contribution in [0.1, 0.15) is 19.3 Å². The molecule has 1 saturated carbocycles. The van der Waals surface area contributed by atoms with Gasteiger partial charge in [-0.1, -0.05) is 11.6 Å². The summed E-state index contributed by atoms with van der Waals surface area (Å²) >= 11 is 6.11. The number of pyridine rings is 1. The summed E-state index contributed by atoms with van der Waals surface area (Å²) in [5, 5.41) is 0.674. The lowest BCUT2D eigenvalue weighted by molar-refractivity contribution is 0.110. The van der Waals surface area contributed by atoms with E-state index in [0.29, 0.717) is 23.0 Å². The largest absolute Gasteiger partial charge is 0.365 e. The van der Waals surface area contributed by atoms with Gasteiger partial charge in [0.2, 0.25) is 0 Å². The molecule has 6 heteroatoms. The number of likely N-dealkylation sites (N-methyl/N-ethyl adjacent to an activating group) is 1. The number of nitrogens with zero attached hydrogens (tertiary/aromatic N) is 4. The fraction of sp³-hybridized carbons (Fsp3) is 0.625. The fourth-order valence-electron chi connectivity index (χ4n) is 4.32. The number of fused-ring (bicyclic) bond motifs is 3. The molecule has 22 heavy (non-hydrogen) atoms. The molecule has 1 aromatic rings. The minimum Gasteiger partial charge on any atom is -0.365 e. The Morgan fingerprint density at radius 1 is 1.18 bits per heavy atom. The first-order chi connectivity index (χ1) is 10.6. The van der Waals surface area contributed by atoms with E-state index in [-0.39, 0.29) is 6.03 Å². The maximum absolute atomic E-state index is 12.4. The molecule has 5 rings (SSSR count). The summed E-state index contributed by atoms with van der Waals surface area (Å²) in [7, 11) is 1.89. The summed E-state index contributed by atoms with van der Waals surface area (Å²) in [6.07, 6.45) is 7.11. The predicted molar refractivity (Wildman–Crippen MR) is 86.2 cm³/mol. The summed E-state index contributed by atoms with van der Waals surface area (Å²) in [4.78, 5) is 22.9. The summed E-state index contributed by atoms with van der Waals surface area (Å²) in [6.45, 7) is 2.75. The number of anilines is 1. The Balaban J connectivity index is 1.62. The van der Waals surface area contributed by atoms with E-state index >= 15 is 0 Å². The van der Waals surface area contributed by atoms with E-state index < -0.39 is 0 Å². The zero-order chi connectivity index (χ0) is 15.3. The number of urea groups is 1. The normalized spacial score (nSPS) is 31.3. The number of amides is 2. The van der Waals surface area contributed by atoms with E-state index in [0.717, 1.165) is 38.2 Å². The summed E-state index contributed by atoms with van der Waals surface area (Å²) < 4.78 is 0. The van der Waals surface area contributed by atoms with E-state index in [1.165, 1.54) is 6.42 Å². The van der Waals surface area contributed by atoms with Gasteiger partial charge in [-0.2, -0.15) is 0 Å². The first-order valence-corrected chi connectivity index (χ1v) is 8.40. The molecule has 0 spiro atoms. The highest BCUT2D eigenvalue weighted by atomic mass is 35.5. The molecule has 1 aliphatic carbocycles. The van der Waals surface area contributed by atoms with Crippen LogP contribution >= 0.6 is 11.6 Å². The van der Waals surface area contributed by atoms with Gasteiger partial charge >= 0.3 is 6.03 Å². The average molecular weight is 321 g/mol. The zero-order valence-electron chi connectivity index (χ0n) is 12.8. The van der Waals surface area contributed by atoms with Gasteiger partial charge in [-0.25, -0.2) is 4.79 Å². The highest BCUT2D eigenvalue weighted by Crippen LogP contribution is 2.41. The van der Waals surface area contributed by atoms with Crippen molar-refractivity contribution in [2.45, 2.75) is 31.3 Å². The molecule has 5 nitrogen and oxygen atoms in total. The number of hydrogen-bond acceptors (Lipinski definition) is 3. The predicted octanol–water partition coefficient (Wildman–Crippen LogP) is 2.46. The molecule has 1 aromatic heterocycles. The molecule has 3 unspecified atom stereocenters. The third-order valence-electron chi connectivity index (χ3n) is 5.42. The van der Waals surface area contributed by atoms with Crippen LogP contribution in [0.5, 0.6) is 0 Å². The lowest BCUT2D eigenvalue weighted by Crippen LogP contribution is -2.61. The van der Waals surface area contributed by atoms with Crippen molar-refractivity contribution in [1.82, 2.24) is 14.8 Å². The molecular formula is C16H21ClN4O. The van der Waals surface area contributed by atoms with Crippen LogP contribution in [0.25, 0.3) is 0 Å². The van der Waals surface area contributed by atoms with E-state index in [1.54, 1.807) is 6.20 Å². The lowest BCUT2D eigenvalue weighted by Gasteiger charge is -2.53. The Labute approximate surface area is 135 Å². The van der Waals surface area contributed by atoms with Gasteiger partial charge in [-0.15, -0.1) is 0 Å². The molecule has 118 valence electrons. The molecule has 0 N–H and O–H groups in total. The van der Waals surface area contributed by atoms with Crippen LogP contribution in [0.3, 0.4) is 0 Å². The molecule has 3 aliphatic heterocycles. The van der Waals surface area contributed by atoms with Gasteiger partial charge in [-0.05, 0) is 31.2 Å². The second kappa shape index (κ2) is 5.30. The van der Waals surface area contributed by atoms with Crippen LogP contribution in [0.4, 0.5) is 10.5 Å². The second-order valence-corrected chi connectivity index (χ2v) is 7.16.